The smallest absolute Gasteiger partial charge is 0.415 e. The molecule has 1 amide bonds. The van der Waals surface area contributed by atoms with Crippen LogP contribution in [0.15, 0.2) is 66.9 Å². The first-order valence-electron chi connectivity index (χ1n) is 11.1. The van der Waals surface area contributed by atoms with Gasteiger partial charge in [0.15, 0.2) is 0 Å². The Bertz CT molecular complexity index is 1290. The summed E-state index contributed by atoms with van der Waals surface area (Å²) in [6.07, 6.45) is 1.65. The van der Waals surface area contributed by atoms with Crippen molar-refractivity contribution in [3.05, 3.63) is 82.5 Å². The van der Waals surface area contributed by atoms with E-state index in [1.54, 1.807) is 18.1 Å². The van der Waals surface area contributed by atoms with Crippen molar-refractivity contribution in [1.82, 2.24) is 9.47 Å². The number of methoxy groups -OCH3 is 1. The third-order valence-electron chi connectivity index (χ3n) is 5.79. The lowest BCUT2D eigenvalue weighted by Gasteiger charge is -2.20. The second kappa shape index (κ2) is 10.4. The molecule has 0 saturated heterocycles. The minimum atomic E-state index is -0.368. The van der Waals surface area contributed by atoms with Crippen molar-refractivity contribution in [2.24, 2.45) is 0 Å². The highest BCUT2D eigenvalue weighted by Crippen LogP contribution is 2.39. The maximum atomic E-state index is 12.8. The quantitative estimate of drug-likeness (QED) is 0.265. The Balaban J connectivity index is 1.81. The third kappa shape index (κ3) is 5.01. The first-order valence-corrected chi connectivity index (χ1v) is 11.9. The molecule has 0 saturated carbocycles. The molecule has 0 atom stereocenters. The van der Waals surface area contributed by atoms with E-state index in [1.807, 2.05) is 74.6 Å². The van der Waals surface area contributed by atoms with Crippen LogP contribution in [0.3, 0.4) is 0 Å². The van der Waals surface area contributed by atoms with E-state index in [4.69, 9.17) is 32.7 Å². The van der Waals surface area contributed by atoms with Crippen LogP contribution < -0.4 is 9.47 Å². The van der Waals surface area contributed by atoms with Gasteiger partial charge in [0.05, 0.1) is 7.11 Å². The summed E-state index contributed by atoms with van der Waals surface area (Å²) in [4.78, 5) is 14.4. The van der Waals surface area contributed by atoms with E-state index in [0.29, 0.717) is 35.4 Å². The van der Waals surface area contributed by atoms with Gasteiger partial charge in [-0.15, -0.1) is 0 Å². The number of hydrogen-bond acceptors (Lipinski definition) is 3. The predicted molar refractivity (Wildman–Crippen MR) is 138 cm³/mol. The molecule has 1 heterocycles. The highest BCUT2D eigenvalue weighted by atomic mass is 35.5. The SMILES string of the molecule is CCN(CC)C(=O)Oc1ccc2c(ccn2Cc2cc(Cl)cc(Cl)c2)c1-c1ccc(OC)cc1. The number of benzene rings is 3. The van der Waals surface area contributed by atoms with Crippen LogP contribution in [-0.4, -0.2) is 35.8 Å². The molecule has 3 aromatic carbocycles. The van der Waals surface area contributed by atoms with Crippen LogP contribution in [0.25, 0.3) is 22.0 Å². The highest BCUT2D eigenvalue weighted by molar-refractivity contribution is 6.34. The summed E-state index contributed by atoms with van der Waals surface area (Å²) in [6.45, 7) is 5.62. The number of fused-ring (bicyclic) bond motifs is 1. The number of rotatable bonds is 7. The normalized spacial score (nSPS) is 11.0. The fourth-order valence-corrected chi connectivity index (χ4v) is 4.64. The Labute approximate surface area is 209 Å². The van der Waals surface area contributed by atoms with Crippen LogP contribution in [0, 0.1) is 0 Å². The molecule has 4 rings (SSSR count). The number of ether oxygens (including phenoxy) is 2. The Hall–Kier alpha value is -3.15. The maximum Gasteiger partial charge on any atom is 0.415 e. The van der Waals surface area contributed by atoms with Crippen LogP contribution >= 0.6 is 23.2 Å². The number of carbonyl (C=O) groups excluding carboxylic acids is 1. The Morgan fingerprint density at radius 2 is 1.62 bits per heavy atom. The van der Waals surface area contributed by atoms with Crippen molar-refractivity contribution >= 4 is 40.2 Å². The zero-order valence-electron chi connectivity index (χ0n) is 19.3. The van der Waals surface area contributed by atoms with Gasteiger partial charge in [-0.1, -0.05) is 35.3 Å². The monoisotopic (exact) mass is 496 g/mol. The van der Waals surface area contributed by atoms with E-state index >= 15 is 0 Å². The summed E-state index contributed by atoms with van der Waals surface area (Å²) in [5.74, 6) is 1.27. The lowest BCUT2D eigenvalue weighted by atomic mass is 10.0. The molecule has 0 unspecified atom stereocenters. The molecule has 0 fully saturated rings. The fraction of sp³-hybridized carbons (Fsp3) is 0.222. The van der Waals surface area contributed by atoms with Gasteiger partial charge < -0.3 is 18.9 Å². The molecule has 0 spiro atoms. The van der Waals surface area contributed by atoms with Crippen molar-refractivity contribution in [2.75, 3.05) is 20.2 Å². The summed E-state index contributed by atoms with van der Waals surface area (Å²) in [5, 5.41) is 2.18. The van der Waals surface area contributed by atoms with Crippen LogP contribution in [0.2, 0.25) is 10.0 Å². The zero-order chi connectivity index (χ0) is 24.2. The number of hydrogen-bond donors (Lipinski definition) is 0. The molecular weight excluding hydrogens is 471 g/mol. The van der Waals surface area contributed by atoms with Crippen molar-refractivity contribution < 1.29 is 14.3 Å². The second-order valence-electron chi connectivity index (χ2n) is 7.86. The molecule has 0 aliphatic heterocycles. The van der Waals surface area contributed by atoms with Crippen LogP contribution in [0.1, 0.15) is 19.4 Å². The van der Waals surface area contributed by atoms with Gasteiger partial charge in [0.2, 0.25) is 0 Å². The zero-order valence-corrected chi connectivity index (χ0v) is 20.9. The molecule has 1 aromatic heterocycles. The number of nitrogens with zero attached hydrogens (tertiary/aromatic N) is 2. The van der Waals surface area contributed by atoms with Crippen molar-refractivity contribution in [2.45, 2.75) is 20.4 Å². The lowest BCUT2D eigenvalue weighted by Crippen LogP contribution is -2.33. The number of aromatic nitrogens is 1. The largest absolute Gasteiger partial charge is 0.497 e. The average molecular weight is 497 g/mol. The van der Waals surface area contributed by atoms with Gasteiger partial charge in [0.25, 0.3) is 0 Å². The summed E-state index contributed by atoms with van der Waals surface area (Å²) < 4.78 is 13.3. The first-order chi connectivity index (χ1) is 16.4. The molecule has 0 radical (unpaired) electrons. The van der Waals surface area contributed by atoms with E-state index < -0.39 is 0 Å². The van der Waals surface area contributed by atoms with Gasteiger partial charge in [0.1, 0.15) is 11.5 Å². The molecule has 0 bridgehead atoms. The van der Waals surface area contributed by atoms with Gasteiger partial charge >= 0.3 is 6.09 Å². The van der Waals surface area contributed by atoms with Crippen molar-refractivity contribution in [1.29, 1.82) is 0 Å². The molecule has 0 aliphatic carbocycles. The van der Waals surface area contributed by atoms with Crippen LogP contribution in [0.4, 0.5) is 4.79 Å². The highest BCUT2D eigenvalue weighted by Gasteiger charge is 2.19. The summed E-state index contributed by atoms with van der Waals surface area (Å²) in [6, 6.07) is 19.1. The van der Waals surface area contributed by atoms with E-state index in [9.17, 15) is 4.79 Å². The minimum Gasteiger partial charge on any atom is -0.497 e. The van der Waals surface area contributed by atoms with Crippen LogP contribution in [0.5, 0.6) is 11.5 Å². The molecule has 0 N–H and O–H groups in total. The lowest BCUT2D eigenvalue weighted by molar-refractivity contribution is 0.157. The third-order valence-corrected chi connectivity index (χ3v) is 6.22. The molecule has 4 aromatic rings. The van der Waals surface area contributed by atoms with Crippen molar-refractivity contribution in [3.63, 3.8) is 0 Å². The van der Waals surface area contributed by atoms with Crippen LogP contribution in [-0.2, 0) is 6.54 Å². The number of carbonyl (C=O) groups is 1. The van der Waals surface area contributed by atoms with E-state index in [-0.39, 0.29) is 6.09 Å². The summed E-state index contributed by atoms with van der Waals surface area (Å²) in [5.41, 5.74) is 3.78. The predicted octanol–water partition coefficient (Wildman–Crippen LogP) is 7.51. The molecular formula is C27H26Cl2N2O3. The minimum absolute atomic E-state index is 0.368. The molecule has 34 heavy (non-hydrogen) atoms. The first kappa shape index (κ1) is 24.0. The van der Waals surface area contributed by atoms with E-state index in [2.05, 4.69) is 4.57 Å². The van der Waals surface area contributed by atoms with Gasteiger partial charge in [-0.25, -0.2) is 4.79 Å². The second-order valence-corrected chi connectivity index (χ2v) is 8.73. The van der Waals surface area contributed by atoms with E-state index in [0.717, 1.165) is 33.3 Å². The number of amides is 1. The van der Waals surface area contributed by atoms with Gasteiger partial charge in [0, 0.05) is 52.3 Å². The molecule has 7 heteroatoms. The van der Waals surface area contributed by atoms with Gasteiger partial charge in [-0.2, -0.15) is 0 Å². The Kier molecular flexibility index (Phi) is 7.35. The number of halogens is 2. The topological polar surface area (TPSA) is 43.7 Å². The van der Waals surface area contributed by atoms with Gasteiger partial charge in [-0.05, 0) is 73.5 Å². The molecule has 176 valence electrons. The molecule has 5 nitrogen and oxygen atoms in total. The fourth-order valence-electron chi connectivity index (χ4n) is 4.07. The average Bonchev–Trinajstić information content (AvgIpc) is 3.21. The summed E-state index contributed by atoms with van der Waals surface area (Å²) >= 11 is 12.4. The van der Waals surface area contributed by atoms with Gasteiger partial charge in [-0.3, -0.25) is 0 Å². The molecule has 0 aliphatic rings. The van der Waals surface area contributed by atoms with E-state index in [1.165, 1.54) is 0 Å². The standard InChI is InChI=1S/C27H26Cl2N2O3/c1-4-30(5-2)27(32)34-25-11-10-24-23(26(25)19-6-8-22(33-3)9-7-19)12-13-31(24)17-18-14-20(28)16-21(29)15-18/h6-16H,4-5,17H2,1-3H3. The Morgan fingerprint density at radius 1 is 0.941 bits per heavy atom. The maximum absolute atomic E-state index is 12.8. The Morgan fingerprint density at radius 3 is 2.24 bits per heavy atom. The summed E-state index contributed by atoms with van der Waals surface area (Å²) in [7, 11) is 1.63. The van der Waals surface area contributed by atoms with Crippen molar-refractivity contribution in [3.8, 4) is 22.6 Å².